The Bertz CT molecular complexity index is 1110. The molecule has 0 saturated heterocycles. The molecule has 2 aromatic carbocycles. The van der Waals surface area contributed by atoms with Crippen LogP contribution in [-0.4, -0.2) is 42.6 Å². The van der Waals surface area contributed by atoms with E-state index in [0.717, 1.165) is 12.1 Å². The van der Waals surface area contributed by atoms with Gasteiger partial charge in [-0.3, -0.25) is 9.59 Å². The molecular formula is C21H25Cl2N3O7S. The molecule has 0 radical (unpaired) electrons. The number of carbonyl (C=O) groups is 3. The zero-order valence-electron chi connectivity index (χ0n) is 18.2. The Balaban J connectivity index is 0.000000718. The summed E-state index contributed by atoms with van der Waals surface area (Å²) >= 11 is 10.9. The van der Waals surface area contributed by atoms with Crippen molar-refractivity contribution in [3.8, 4) is 11.5 Å². The number of benzene rings is 2. The lowest BCUT2D eigenvalue weighted by atomic mass is 10.1. The Morgan fingerprint density at radius 2 is 1.79 bits per heavy atom. The Morgan fingerprint density at radius 3 is 2.24 bits per heavy atom. The lowest BCUT2D eigenvalue weighted by Crippen LogP contribution is -2.22. The number of anilines is 1. The number of alkyl halides is 2. The molecule has 1 atom stereocenters. The molecule has 0 heterocycles. The summed E-state index contributed by atoms with van der Waals surface area (Å²) in [6.07, 6.45) is 1.07. The van der Waals surface area contributed by atoms with Crippen LogP contribution in [0.3, 0.4) is 0 Å². The van der Waals surface area contributed by atoms with Crippen LogP contribution >= 0.6 is 23.2 Å². The molecule has 2 amide bonds. The van der Waals surface area contributed by atoms with Gasteiger partial charge in [-0.05, 0) is 37.1 Å². The molecule has 2 rings (SSSR count). The minimum atomic E-state index is -4.35. The summed E-state index contributed by atoms with van der Waals surface area (Å²) in [5.41, 5.74) is 4.28. The van der Waals surface area contributed by atoms with Gasteiger partial charge in [0, 0.05) is 12.3 Å². The first-order valence-electron chi connectivity index (χ1n) is 9.86. The van der Waals surface area contributed by atoms with Gasteiger partial charge in [-0.25, -0.2) is 18.4 Å². The molecule has 0 aromatic heterocycles. The quantitative estimate of drug-likeness (QED) is 0.338. The van der Waals surface area contributed by atoms with Crippen LogP contribution in [0.25, 0.3) is 0 Å². The van der Waals surface area contributed by atoms with Crippen molar-refractivity contribution in [2.45, 2.75) is 36.5 Å². The fourth-order valence-corrected chi connectivity index (χ4v) is 3.22. The van der Waals surface area contributed by atoms with Gasteiger partial charge >= 0.3 is 5.97 Å². The van der Waals surface area contributed by atoms with Gasteiger partial charge in [-0.1, -0.05) is 25.1 Å². The molecular weight excluding hydrogens is 509 g/mol. The molecule has 10 nitrogen and oxygen atoms in total. The van der Waals surface area contributed by atoms with Crippen LogP contribution in [-0.2, 0) is 19.6 Å². The maximum atomic E-state index is 12.1. The van der Waals surface area contributed by atoms with Gasteiger partial charge in [0.25, 0.3) is 0 Å². The van der Waals surface area contributed by atoms with E-state index in [4.69, 9.17) is 38.8 Å². The number of halogens is 2. The highest BCUT2D eigenvalue weighted by atomic mass is 35.5. The predicted octanol–water partition coefficient (Wildman–Crippen LogP) is 3.27. The number of rotatable bonds is 10. The first kappa shape index (κ1) is 29.2. The number of primary amides is 1. The van der Waals surface area contributed by atoms with Gasteiger partial charge in [0.15, 0.2) is 5.75 Å². The average molecular weight is 534 g/mol. The second kappa shape index (κ2) is 13.8. The van der Waals surface area contributed by atoms with Crippen molar-refractivity contribution < 1.29 is 32.6 Å². The van der Waals surface area contributed by atoms with E-state index in [1.807, 2.05) is 6.92 Å². The van der Waals surface area contributed by atoms with Crippen LogP contribution in [0.4, 0.5) is 5.69 Å². The maximum absolute atomic E-state index is 12.1. The number of hydrogen-bond acceptors (Lipinski definition) is 6. The van der Waals surface area contributed by atoms with Crippen LogP contribution in [0.2, 0.25) is 0 Å². The van der Waals surface area contributed by atoms with Gasteiger partial charge in [0.1, 0.15) is 16.0 Å². The molecule has 13 heteroatoms. The van der Waals surface area contributed by atoms with Gasteiger partial charge < -0.3 is 20.9 Å². The number of sulfonamides is 1. The minimum Gasteiger partial charge on any atom is -0.478 e. The number of nitrogens with two attached hydrogens (primary N) is 2. The number of amides is 2. The summed E-state index contributed by atoms with van der Waals surface area (Å²) in [6, 6.07) is 10.2. The zero-order valence-corrected chi connectivity index (χ0v) is 20.5. The zero-order chi connectivity index (χ0) is 25.9. The third kappa shape index (κ3) is 9.56. The lowest BCUT2D eigenvalue weighted by molar-refractivity contribution is -0.118. The maximum Gasteiger partial charge on any atom is 0.335 e. The van der Waals surface area contributed by atoms with E-state index >= 15 is 0 Å². The molecule has 0 aliphatic heterocycles. The molecule has 34 heavy (non-hydrogen) atoms. The molecule has 0 bridgehead atoms. The van der Waals surface area contributed by atoms with Crippen LogP contribution < -0.4 is 20.9 Å². The summed E-state index contributed by atoms with van der Waals surface area (Å²) in [6.45, 7) is 1.81. The third-order valence-electron chi connectivity index (χ3n) is 4.05. The molecule has 0 aliphatic carbocycles. The number of nitrogens with one attached hydrogen (secondary N) is 1. The topological polar surface area (TPSA) is 179 Å². The lowest BCUT2D eigenvalue weighted by Gasteiger charge is -2.16. The van der Waals surface area contributed by atoms with Crippen molar-refractivity contribution in [2.75, 3.05) is 11.2 Å². The van der Waals surface area contributed by atoms with Crippen molar-refractivity contribution in [3.05, 3.63) is 48.0 Å². The van der Waals surface area contributed by atoms with Gasteiger partial charge in [0.2, 0.25) is 21.8 Å². The van der Waals surface area contributed by atoms with E-state index in [1.165, 1.54) is 0 Å². The molecule has 0 aliphatic rings. The third-order valence-corrected chi connectivity index (χ3v) is 5.76. The number of carboxylic acid groups (broad SMARTS) is 1. The molecule has 1 unspecified atom stereocenters. The Labute approximate surface area is 207 Å². The first-order chi connectivity index (χ1) is 15.9. The number of carboxylic acids is 1. The minimum absolute atomic E-state index is 0.0658. The standard InChI is InChI=1S/C17H17ClN2O6S.C4H8ClNO/c18-8-4-7-15(21)20-13-9-11(17(22)23)10-14(27(19,24)25)16(13)26-12-5-2-1-3-6-12;1-2-3(5)4(6)7/h1-3,5-6,9-10H,4,7-8H2,(H,20,21)(H,22,23)(H2,19,24,25);3H,2H2,1H3,(H2,6,7). The van der Waals surface area contributed by atoms with Gasteiger partial charge in [-0.15, -0.1) is 23.2 Å². The number of carbonyl (C=O) groups excluding carboxylic acids is 2. The Kier molecular flexibility index (Phi) is 11.8. The number of aromatic carboxylic acids is 1. The summed E-state index contributed by atoms with van der Waals surface area (Å²) in [7, 11) is -4.35. The van der Waals surface area contributed by atoms with E-state index in [0.29, 0.717) is 12.8 Å². The van der Waals surface area contributed by atoms with Crippen molar-refractivity contribution in [3.63, 3.8) is 0 Å². The molecule has 0 spiro atoms. The number of primary sulfonamides is 1. The highest BCUT2D eigenvalue weighted by Gasteiger charge is 2.24. The fourth-order valence-electron chi connectivity index (χ4n) is 2.38. The monoisotopic (exact) mass is 533 g/mol. The Hall–Kier alpha value is -2.86. The second-order valence-corrected chi connectivity index (χ2v) is 9.17. The number of ether oxygens (including phenoxy) is 1. The molecule has 6 N–H and O–H groups in total. The highest BCUT2D eigenvalue weighted by molar-refractivity contribution is 7.89. The molecule has 0 saturated carbocycles. The molecule has 186 valence electrons. The van der Waals surface area contributed by atoms with Crippen LogP contribution in [0, 0.1) is 0 Å². The molecule has 2 aromatic rings. The summed E-state index contributed by atoms with van der Waals surface area (Å²) < 4.78 is 29.6. The number of para-hydroxylation sites is 1. The van der Waals surface area contributed by atoms with Crippen molar-refractivity contribution in [1.29, 1.82) is 0 Å². The van der Waals surface area contributed by atoms with Crippen molar-refractivity contribution in [1.82, 2.24) is 0 Å². The van der Waals surface area contributed by atoms with E-state index < -0.39 is 38.1 Å². The summed E-state index contributed by atoms with van der Waals surface area (Å²) in [4.78, 5) is 32.9. The number of hydrogen-bond donors (Lipinski definition) is 4. The highest BCUT2D eigenvalue weighted by Crippen LogP contribution is 2.37. The van der Waals surface area contributed by atoms with Crippen molar-refractivity contribution in [2.24, 2.45) is 10.9 Å². The van der Waals surface area contributed by atoms with Gasteiger partial charge in [-0.2, -0.15) is 0 Å². The summed E-state index contributed by atoms with van der Waals surface area (Å²) in [5, 5.41) is 16.5. The largest absolute Gasteiger partial charge is 0.478 e. The average Bonchev–Trinajstić information content (AvgIpc) is 2.78. The SMILES string of the molecule is CCC(Cl)C(N)=O.NS(=O)(=O)c1cc(C(=O)O)cc(NC(=O)CCCCl)c1Oc1ccccc1. The van der Waals surface area contributed by atoms with Crippen LogP contribution in [0.1, 0.15) is 36.5 Å². The van der Waals surface area contributed by atoms with E-state index in [9.17, 15) is 27.9 Å². The first-order valence-corrected chi connectivity index (χ1v) is 12.4. The molecule has 0 fully saturated rings. The van der Waals surface area contributed by atoms with Crippen molar-refractivity contribution >= 4 is 56.7 Å². The smallest absolute Gasteiger partial charge is 0.335 e. The summed E-state index contributed by atoms with van der Waals surface area (Å²) in [5.74, 6) is -2.03. The van der Waals surface area contributed by atoms with Crippen LogP contribution in [0.15, 0.2) is 47.4 Å². The predicted molar refractivity (Wildman–Crippen MR) is 129 cm³/mol. The van der Waals surface area contributed by atoms with Gasteiger partial charge in [0.05, 0.1) is 11.3 Å². The second-order valence-electron chi connectivity index (χ2n) is 6.74. The van der Waals surface area contributed by atoms with E-state index in [1.54, 1.807) is 30.3 Å². The van der Waals surface area contributed by atoms with E-state index in [-0.39, 0.29) is 35.1 Å². The normalized spacial score (nSPS) is 11.5. The van der Waals surface area contributed by atoms with E-state index in [2.05, 4.69) is 5.32 Å². The Morgan fingerprint density at radius 1 is 1.18 bits per heavy atom. The fraction of sp³-hybridized carbons (Fsp3) is 0.286. The van der Waals surface area contributed by atoms with Crippen LogP contribution in [0.5, 0.6) is 11.5 Å².